The van der Waals surface area contributed by atoms with E-state index in [1.807, 2.05) is 0 Å². The van der Waals surface area contributed by atoms with Gasteiger partial charge in [0.15, 0.2) is 0 Å². The molecule has 1 aromatic rings. The van der Waals surface area contributed by atoms with Gasteiger partial charge in [0, 0.05) is 25.7 Å². The van der Waals surface area contributed by atoms with Crippen LogP contribution in [0, 0.1) is 17.8 Å². The highest BCUT2D eigenvalue weighted by atomic mass is 16.4. The first-order valence-corrected chi connectivity index (χ1v) is 21.9. The lowest BCUT2D eigenvalue weighted by Crippen LogP contribution is -2.61. The Bertz CT molecular complexity index is 1770. The van der Waals surface area contributed by atoms with Crippen LogP contribution >= 0.6 is 0 Å². The fourth-order valence-corrected chi connectivity index (χ4v) is 7.33. The lowest BCUT2D eigenvalue weighted by molar-refractivity contribution is -0.142. The third kappa shape index (κ3) is 20.4. The van der Waals surface area contributed by atoms with Gasteiger partial charge in [0.2, 0.25) is 35.4 Å². The second kappa shape index (κ2) is 27.9. The highest BCUT2D eigenvalue weighted by molar-refractivity contribution is 5.97. The van der Waals surface area contributed by atoms with Gasteiger partial charge in [0.25, 0.3) is 0 Å². The number of carbonyl (C=O) groups excluding carboxylic acids is 6. The molecule has 0 radical (unpaired) electrons. The maximum atomic E-state index is 14.2. The van der Waals surface area contributed by atoms with Crippen molar-refractivity contribution in [2.75, 3.05) is 0 Å². The quantitative estimate of drug-likeness (QED) is 0.0549. The fourth-order valence-electron chi connectivity index (χ4n) is 7.33. The number of benzene rings is 1. The van der Waals surface area contributed by atoms with Crippen LogP contribution in [0.2, 0.25) is 0 Å². The lowest BCUT2D eigenvalue weighted by atomic mass is 9.84. The first-order valence-electron chi connectivity index (χ1n) is 21.9. The van der Waals surface area contributed by atoms with Crippen LogP contribution < -0.4 is 31.9 Å². The molecule has 0 unspecified atom stereocenters. The number of nitrogens with one attached hydrogen (secondary N) is 6. The zero-order valence-corrected chi connectivity index (χ0v) is 37.1. The Balaban J connectivity index is 2.37. The van der Waals surface area contributed by atoms with Crippen LogP contribution in [0.25, 0.3) is 0 Å². The number of rotatable bonds is 29. The Labute approximate surface area is 372 Å². The third-order valence-corrected chi connectivity index (χ3v) is 11.1. The molecule has 64 heavy (non-hydrogen) atoms. The Morgan fingerprint density at radius 1 is 0.562 bits per heavy atom. The molecule has 356 valence electrons. The van der Waals surface area contributed by atoms with Gasteiger partial charge in [-0.15, -0.1) is 0 Å². The van der Waals surface area contributed by atoms with Crippen LogP contribution in [-0.4, -0.2) is 116 Å². The fraction of sp³-hybridized carbons (Fsp3) is 0.636. The van der Waals surface area contributed by atoms with Crippen LogP contribution in [0.3, 0.4) is 0 Å². The number of carboxylic acid groups (broad SMARTS) is 4. The van der Waals surface area contributed by atoms with Crippen molar-refractivity contribution >= 4 is 59.3 Å². The Hall–Kier alpha value is -6.08. The summed E-state index contributed by atoms with van der Waals surface area (Å²) >= 11 is 0. The molecule has 0 spiro atoms. The molecule has 2 rings (SSSR count). The smallest absolute Gasteiger partial charge is 0.326 e. The number of hydrogen-bond acceptors (Lipinski definition) is 10. The molecule has 0 heterocycles. The van der Waals surface area contributed by atoms with E-state index in [0.29, 0.717) is 12.0 Å². The molecule has 1 aromatic carbocycles. The zero-order chi connectivity index (χ0) is 47.9. The number of carbonyl (C=O) groups is 10. The maximum absolute atomic E-state index is 14.2. The molecule has 1 saturated carbocycles. The monoisotopic (exact) mass is 902 g/mol. The summed E-state index contributed by atoms with van der Waals surface area (Å²) in [6.07, 6.45) is 1.85. The predicted octanol–water partition coefficient (Wildman–Crippen LogP) is 1.88. The maximum Gasteiger partial charge on any atom is 0.326 e. The summed E-state index contributed by atoms with van der Waals surface area (Å²) in [5, 5.41) is 52.8. The highest BCUT2D eigenvalue weighted by Gasteiger charge is 2.36. The molecule has 6 amide bonds. The number of carboxylic acids is 4. The SMILES string of the molecule is CC[C@H](C)[C@H](NC(=O)[C@H](CC(C)C)NC(=O)[C@@H](CCC(=O)O)NC(=O)[C@H](CCC(=O)O)NC(=O)CCC(=O)O)C(=O)N[C@@H](CC1CCCCC1)C(=O)N[C@@H](Cc1ccccc1)C(=O)O. The van der Waals surface area contributed by atoms with Crippen molar-refractivity contribution in [1.82, 2.24) is 31.9 Å². The molecule has 0 aliphatic heterocycles. The molecule has 1 aliphatic rings. The molecule has 20 heteroatoms. The summed E-state index contributed by atoms with van der Waals surface area (Å²) in [6.45, 7) is 7.00. The van der Waals surface area contributed by atoms with Gasteiger partial charge in [-0.3, -0.25) is 43.2 Å². The van der Waals surface area contributed by atoms with Crippen molar-refractivity contribution in [3.05, 3.63) is 35.9 Å². The minimum atomic E-state index is -1.61. The first-order chi connectivity index (χ1) is 30.2. The van der Waals surface area contributed by atoms with Crippen LogP contribution in [0.15, 0.2) is 30.3 Å². The summed E-state index contributed by atoms with van der Waals surface area (Å²) in [7, 11) is 0. The summed E-state index contributed by atoms with van der Waals surface area (Å²) < 4.78 is 0. The number of hydrogen-bond donors (Lipinski definition) is 10. The largest absolute Gasteiger partial charge is 0.481 e. The molecule has 0 saturated heterocycles. The average molecular weight is 903 g/mol. The molecule has 0 aromatic heterocycles. The average Bonchev–Trinajstić information content (AvgIpc) is 3.23. The van der Waals surface area contributed by atoms with E-state index >= 15 is 0 Å². The van der Waals surface area contributed by atoms with Crippen LogP contribution in [0.5, 0.6) is 0 Å². The van der Waals surface area contributed by atoms with Crippen molar-refractivity contribution in [3.63, 3.8) is 0 Å². The molecule has 1 aliphatic carbocycles. The number of aliphatic carboxylic acids is 4. The van der Waals surface area contributed by atoms with Gasteiger partial charge in [-0.25, -0.2) is 4.79 Å². The van der Waals surface area contributed by atoms with Gasteiger partial charge in [-0.1, -0.05) is 96.6 Å². The van der Waals surface area contributed by atoms with Crippen molar-refractivity contribution in [1.29, 1.82) is 0 Å². The molecule has 10 N–H and O–H groups in total. The molecule has 20 nitrogen and oxygen atoms in total. The van der Waals surface area contributed by atoms with Gasteiger partial charge in [0.1, 0.15) is 36.3 Å². The van der Waals surface area contributed by atoms with Crippen LogP contribution in [0.1, 0.15) is 123 Å². The second-order valence-electron chi connectivity index (χ2n) is 16.9. The van der Waals surface area contributed by atoms with Gasteiger partial charge in [-0.2, -0.15) is 0 Å². The van der Waals surface area contributed by atoms with E-state index in [1.165, 1.54) is 0 Å². The van der Waals surface area contributed by atoms with Crippen LogP contribution in [0.4, 0.5) is 0 Å². The van der Waals surface area contributed by atoms with Crippen molar-refractivity contribution in [2.24, 2.45) is 17.8 Å². The first kappa shape index (κ1) is 54.1. The second-order valence-corrected chi connectivity index (χ2v) is 16.9. The van der Waals surface area contributed by atoms with E-state index in [1.54, 1.807) is 58.0 Å². The summed E-state index contributed by atoms with van der Waals surface area (Å²) in [5.41, 5.74) is 0.680. The number of amides is 6. The highest BCUT2D eigenvalue weighted by Crippen LogP contribution is 2.28. The van der Waals surface area contributed by atoms with E-state index in [4.69, 9.17) is 5.11 Å². The molecular weight excluding hydrogens is 837 g/mol. The lowest BCUT2D eigenvalue weighted by Gasteiger charge is -2.31. The normalized spacial score (nSPS) is 16.0. The van der Waals surface area contributed by atoms with Gasteiger partial charge >= 0.3 is 23.9 Å². The summed E-state index contributed by atoms with van der Waals surface area (Å²) in [5.74, 6) is -11.1. The standard InChI is InChI=1S/C44H66N6O14/c1-5-26(4)38(43(62)48-32(23-27-12-8-6-9-13-27)41(60)49-33(44(63)64)24-28-14-10-7-11-15-28)50-42(61)31(22-25(2)3)47-40(59)30(17-20-36(54)55)46-39(58)29(16-19-35(52)53)45-34(51)18-21-37(56)57/h7,10-11,14-15,25-27,29-33,38H,5-6,8-9,12-13,16-24H2,1-4H3,(H,45,51)(H,46,58)(H,47,59)(H,48,62)(H,49,60)(H,50,61)(H,52,53)(H,54,55)(H,56,57)(H,63,64)/t26-,29-,30+,31-,32-,33-,38-/m0/s1. The Morgan fingerprint density at radius 3 is 1.56 bits per heavy atom. The molecule has 1 fully saturated rings. The predicted molar refractivity (Wildman–Crippen MR) is 230 cm³/mol. The van der Waals surface area contributed by atoms with Crippen molar-refractivity contribution in [3.8, 4) is 0 Å². The molecule has 0 bridgehead atoms. The minimum Gasteiger partial charge on any atom is -0.481 e. The van der Waals surface area contributed by atoms with E-state index in [-0.39, 0.29) is 31.1 Å². The van der Waals surface area contributed by atoms with E-state index in [9.17, 15) is 63.3 Å². The van der Waals surface area contributed by atoms with Gasteiger partial charge < -0.3 is 52.3 Å². The van der Waals surface area contributed by atoms with E-state index < -0.39 is 140 Å². The van der Waals surface area contributed by atoms with Crippen molar-refractivity contribution < 1.29 is 68.4 Å². The van der Waals surface area contributed by atoms with E-state index in [0.717, 1.165) is 32.1 Å². The van der Waals surface area contributed by atoms with Crippen molar-refractivity contribution in [2.45, 2.75) is 160 Å². The molecular formula is C44H66N6O14. The zero-order valence-electron chi connectivity index (χ0n) is 37.1. The van der Waals surface area contributed by atoms with Gasteiger partial charge in [-0.05, 0) is 49.0 Å². The summed E-state index contributed by atoms with van der Waals surface area (Å²) in [4.78, 5) is 128. The Kier molecular flexibility index (Phi) is 23.5. The Morgan fingerprint density at radius 2 is 1.05 bits per heavy atom. The topological polar surface area (TPSA) is 324 Å². The minimum absolute atomic E-state index is 0.00215. The molecule has 7 atom stereocenters. The third-order valence-electron chi connectivity index (χ3n) is 11.1. The van der Waals surface area contributed by atoms with Crippen LogP contribution in [-0.2, 0) is 54.4 Å². The summed E-state index contributed by atoms with van der Waals surface area (Å²) in [6, 6.07) is 0.555. The van der Waals surface area contributed by atoms with Gasteiger partial charge in [0.05, 0.1) is 6.42 Å². The van der Waals surface area contributed by atoms with E-state index in [2.05, 4.69) is 31.9 Å².